The summed E-state index contributed by atoms with van der Waals surface area (Å²) < 4.78 is 0. The Balaban J connectivity index is 2.80. The summed E-state index contributed by atoms with van der Waals surface area (Å²) in [6.07, 6.45) is 1.50. The lowest BCUT2D eigenvalue weighted by Gasteiger charge is -1.98. The topological polar surface area (TPSA) is 92.5 Å². The van der Waals surface area contributed by atoms with Gasteiger partial charge in [-0.15, -0.1) is 0 Å². The van der Waals surface area contributed by atoms with E-state index < -0.39 is 0 Å². The molecule has 2 rings (SSSR count). The van der Waals surface area contributed by atoms with Crippen LogP contribution in [0.4, 0.5) is 5.82 Å². The highest BCUT2D eigenvalue weighted by molar-refractivity contribution is 6.28. The molecule has 0 aliphatic carbocycles. The number of halogens is 1. The van der Waals surface area contributed by atoms with Gasteiger partial charge in [0, 0.05) is 0 Å². The first-order valence-corrected chi connectivity index (χ1v) is 3.52. The standard InChI is InChI=1S/C5H5ClN6/c6-5-10-3-2(8-1-9-3)4(11-5)12-7/h1H,7H2,(H2,8,9,10,11,12). The van der Waals surface area contributed by atoms with E-state index in [4.69, 9.17) is 17.4 Å². The van der Waals surface area contributed by atoms with Crippen LogP contribution < -0.4 is 11.3 Å². The maximum absolute atomic E-state index is 5.59. The minimum Gasteiger partial charge on any atom is -0.329 e. The van der Waals surface area contributed by atoms with Gasteiger partial charge in [-0.05, 0) is 11.6 Å². The highest BCUT2D eigenvalue weighted by Crippen LogP contribution is 2.16. The highest BCUT2D eigenvalue weighted by Gasteiger charge is 2.06. The van der Waals surface area contributed by atoms with Gasteiger partial charge in [0.25, 0.3) is 0 Å². The van der Waals surface area contributed by atoms with Crippen LogP contribution >= 0.6 is 11.6 Å². The van der Waals surface area contributed by atoms with Gasteiger partial charge in [0.1, 0.15) is 0 Å². The summed E-state index contributed by atoms with van der Waals surface area (Å²) >= 11 is 5.59. The third kappa shape index (κ3) is 0.973. The Bertz CT molecular complexity index is 409. The van der Waals surface area contributed by atoms with Crippen molar-refractivity contribution in [1.82, 2.24) is 19.9 Å². The number of hydrogen-bond donors (Lipinski definition) is 3. The number of nitrogen functional groups attached to an aromatic ring is 1. The van der Waals surface area contributed by atoms with Gasteiger partial charge in [0.15, 0.2) is 17.0 Å². The van der Waals surface area contributed by atoms with Crippen molar-refractivity contribution in [3.63, 3.8) is 0 Å². The molecule has 7 heteroatoms. The molecule has 12 heavy (non-hydrogen) atoms. The SMILES string of the molecule is NNc1nc(Cl)nc2[nH]cnc12. The van der Waals surface area contributed by atoms with E-state index in [2.05, 4.69) is 25.4 Å². The van der Waals surface area contributed by atoms with Crippen molar-refractivity contribution in [1.29, 1.82) is 0 Å². The highest BCUT2D eigenvalue weighted by atomic mass is 35.5. The number of hydrazine groups is 1. The van der Waals surface area contributed by atoms with Crippen LogP contribution in [-0.4, -0.2) is 19.9 Å². The second-order valence-electron chi connectivity index (χ2n) is 2.09. The molecule has 0 aliphatic rings. The van der Waals surface area contributed by atoms with Gasteiger partial charge in [-0.2, -0.15) is 9.97 Å². The number of H-pyrrole nitrogens is 1. The van der Waals surface area contributed by atoms with Crippen molar-refractivity contribution in [3.8, 4) is 0 Å². The fraction of sp³-hybridized carbons (Fsp3) is 0. The summed E-state index contributed by atoms with van der Waals surface area (Å²) in [4.78, 5) is 14.5. The molecule has 2 aromatic rings. The van der Waals surface area contributed by atoms with E-state index >= 15 is 0 Å². The monoisotopic (exact) mass is 184 g/mol. The molecule has 0 saturated carbocycles. The maximum Gasteiger partial charge on any atom is 0.226 e. The van der Waals surface area contributed by atoms with E-state index in [1.165, 1.54) is 6.33 Å². The molecule has 2 heterocycles. The first kappa shape index (κ1) is 7.26. The van der Waals surface area contributed by atoms with E-state index in [0.29, 0.717) is 17.0 Å². The summed E-state index contributed by atoms with van der Waals surface area (Å²) in [7, 11) is 0. The number of imidazole rings is 1. The summed E-state index contributed by atoms with van der Waals surface area (Å²) in [6.45, 7) is 0. The molecule has 4 N–H and O–H groups in total. The number of rotatable bonds is 1. The Morgan fingerprint density at radius 3 is 3.08 bits per heavy atom. The lowest BCUT2D eigenvalue weighted by Crippen LogP contribution is -2.09. The van der Waals surface area contributed by atoms with Crippen LogP contribution in [0.15, 0.2) is 6.33 Å². The fourth-order valence-corrected chi connectivity index (χ4v) is 1.08. The van der Waals surface area contributed by atoms with Crippen LogP contribution in [0, 0.1) is 0 Å². The Hall–Kier alpha value is -1.40. The predicted molar refractivity (Wildman–Crippen MR) is 44.5 cm³/mol. The number of anilines is 1. The second-order valence-corrected chi connectivity index (χ2v) is 2.42. The molecule has 2 aromatic heterocycles. The summed E-state index contributed by atoms with van der Waals surface area (Å²) in [6, 6.07) is 0. The quantitative estimate of drug-likeness (QED) is 0.337. The minimum atomic E-state index is 0.125. The van der Waals surface area contributed by atoms with Crippen molar-refractivity contribution < 1.29 is 0 Å². The van der Waals surface area contributed by atoms with Crippen LogP contribution in [-0.2, 0) is 0 Å². The van der Waals surface area contributed by atoms with E-state index in [-0.39, 0.29) is 5.28 Å². The molecule has 0 saturated heterocycles. The Morgan fingerprint density at radius 1 is 1.50 bits per heavy atom. The van der Waals surface area contributed by atoms with Gasteiger partial charge < -0.3 is 10.4 Å². The number of aromatic amines is 1. The van der Waals surface area contributed by atoms with Crippen LogP contribution in [0.3, 0.4) is 0 Å². The number of nitrogens with two attached hydrogens (primary N) is 1. The van der Waals surface area contributed by atoms with E-state index in [1.54, 1.807) is 0 Å². The molecule has 0 atom stereocenters. The zero-order chi connectivity index (χ0) is 8.55. The first-order chi connectivity index (χ1) is 5.81. The number of nitrogens with zero attached hydrogens (tertiary/aromatic N) is 3. The summed E-state index contributed by atoms with van der Waals surface area (Å²) in [5, 5.41) is 0.125. The lowest BCUT2D eigenvalue weighted by atomic mass is 10.5. The van der Waals surface area contributed by atoms with Crippen LogP contribution in [0.25, 0.3) is 11.2 Å². The molecule has 62 valence electrons. The molecule has 0 fully saturated rings. The molecule has 0 amide bonds. The molecule has 0 radical (unpaired) electrons. The van der Waals surface area contributed by atoms with Crippen molar-refractivity contribution in [2.75, 3.05) is 5.43 Å². The molecule has 0 bridgehead atoms. The Kier molecular flexibility index (Phi) is 1.56. The van der Waals surface area contributed by atoms with Crippen LogP contribution in [0.1, 0.15) is 0 Å². The van der Waals surface area contributed by atoms with Gasteiger partial charge in [-0.25, -0.2) is 10.8 Å². The number of aromatic nitrogens is 4. The van der Waals surface area contributed by atoms with Crippen LogP contribution in [0.2, 0.25) is 5.28 Å². The van der Waals surface area contributed by atoms with Gasteiger partial charge in [-0.1, -0.05) is 0 Å². The minimum absolute atomic E-state index is 0.125. The van der Waals surface area contributed by atoms with E-state index in [0.717, 1.165) is 0 Å². The molecule has 0 spiro atoms. The van der Waals surface area contributed by atoms with Crippen molar-refractivity contribution in [2.24, 2.45) is 5.84 Å². The van der Waals surface area contributed by atoms with E-state index in [9.17, 15) is 0 Å². The number of fused-ring (bicyclic) bond motifs is 1. The first-order valence-electron chi connectivity index (χ1n) is 3.14. The average Bonchev–Trinajstić information content (AvgIpc) is 2.50. The molecular formula is C5H5ClN6. The number of hydrogen-bond acceptors (Lipinski definition) is 5. The lowest BCUT2D eigenvalue weighted by molar-refractivity contribution is 1.17. The smallest absolute Gasteiger partial charge is 0.226 e. The van der Waals surface area contributed by atoms with Gasteiger partial charge >= 0.3 is 0 Å². The van der Waals surface area contributed by atoms with E-state index in [1.807, 2.05) is 0 Å². The fourth-order valence-electron chi connectivity index (χ4n) is 0.909. The second kappa shape index (κ2) is 2.58. The van der Waals surface area contributed by atoms with Gasteiger partial charge in [0.05, 0.1) is 6.33 Å². The van der Waals surface area contributed by atoms with Gasteiger partial charge in [-0.3, -0.25) is 0 Å². The third-order valence-electron chi connectivity index (χ3n) is 1.39. The largest absolute Gasteiger partial charge is 0.329 e. The maximum atomic E-state index is 5.59. The molecule has 0 aliphatic heterocycles. The summed E-state index contributed by atoms with van der Waals surface area (Å²) in [5.41, 5.74) is 3.51. The number of nitrogens with one attached hydrogen (secondary N) is 2. The molecule has 0 aromatic carbocycles. The Labute approximate surface area is 72.1 Å². The predicted octanol–water partition coefficient (Wildman–Crippen LogP) is 0.292. The Morgan fingerprint density at radius 2 is 2.33 bits per heavy atom. The molecule has 0 unspecified atom stereocenters. The zero-order valence-corrected chi connectivity index (χ0v) is 6.63. The molecule has 6 nitrogen and oxygen atoms in total. The van der Waals surface area contributed by atoms with Crippen molar-refractivity contribution >= 4 is 28.6 Å². The van der Waals surface area contributed by atoms with Crippen molar-refractivity contribution in [3.05, 3.63) is 11.6 Å². The average molecular weight is 185 g/mol. The molecular weight excluding hydrogens is 180 g/mol. The normalized spacial score (nSPS) is 10.5. The van der Waals surface area contributed by atoms with Crippen molar-refractivity contribution in [2.45, 2.75) is 0 Å². The van der Waals surface area contributed by atoms with Gasteiger partial charge in [0.2, 0.25) is 5.28 Å². The third-order valence-corrected chi connectivity index (χ3v) is 1.56. The van der Waals surface area contributed by atoms with Crippen LogP contribution in [0.5, 0.6) is 0 Å². The summed E-state index contributed by atoms with van der Waals surface area (Å²) in [5.74, 6) is 5.60. The zero-order valence-electron chi connectivity index (χ0n) is 5.87.